The minimum absolute atomic E-state index is 0.0171. The quantitative estimate of drug-likeness (QED) is 0.733. The molecule has 1 aliphatic rings. The highest BCUT2D eigenvalue weighted by molar-refractivity contribution is 7.62. The Kier molecular flexibility index (Phi) is 4.97. The van der Waals surface area contributed by atoms with Gasteiger partial charge in [-0.1, -0.05) is 55.7 Å². The zero-order chi connectivity index (χ0) is 15.3. The van der Waals surface area contributed by atoms with Gasteiger partial charge in [0.2, 0.25) is 0 Å². The number of hydrogen-bond donors (Lipinski definition) is 0. The molecule has 2 aromatic rings. The summed E-state index contributed by atoms with van der Waals surface area (Å²) < 4.78 is 25.2. The zero-order valence-corrected chi connectivity index (χ0v) is 13.5. The van der Waals surface area contributed by atoms with Crippen LogP contribution in [0, 0.1) is 0 Å². The van der Waals surface area contributed by atoms with E-state index in [4.69, 9.17) is 9.05 Å². The second kappa shape index (κ2) is 7.13. The molecule has 0 bridgehead atoms. The summed E-state index contributed by atoms with van der Waals surface area (Å²) in [7, 11) is -3.36. The van der Waals surface area contributed by atoms with Crippen molar-refractivity contribution in [1.82, 2.24) is 0 Å². The van der Waals surface area contributed by atoms with Crippen molar-refractivity contribution in [1.29, 1.82) is 0 Å². The number of rotatable bonds is 5. The normalized spacial score (nSPS) is 18.5. The summed E-state index contributed by atoms with van der Waals surface area (Å²) in [4.78, 5) is 0. The van der Waals surface area contributed by atoms with Crippen LogP contribution in [0.15, 0.2) is 60.7 Å². The Labute approximate surface area is 131 Å². The van der Waals surface area contributed by atoms with Gasteiger partial charge in [-0.2, -0.15) is 0 Å². The molecule has 4 heteroatoms. The molecule has 0 heterocycles. The van der Waals surface area contributed by atoms with Crippen molar-refractivity contribution in [3.63, 3.8) is 0 Å². The minimum Gasteiger partial charge on any atom is -0.421 e. The van der Waals surface area contributed by atoms with Crippen LogP contribution >= 0.6 is 7.60 Å². The first-order valence-corrected chi connectivity index (χ1v) is 9.39. The standard InChI is InChI=1S/C18H21O3P/c19-22(18-14-8-3-9-15-18,20-16-10-4-1-5-11-16)21-17-12-6-2-7-13-17/h1,3-5,8-11,14-15,17H,2,6-7,12-13H2. The van der Waals surface area contributed by atoms with Gasteiger partial charge in [0.25, 0.3) is 0 Å². The van der Waals surface area contributed by atoms with E-state index in [9.17, 15) is 4.57 Å². The lowest BCUT2D eigenvalue weighted by Crippen LogP contribution is -2.21. The van der Waals surface area contributed by atoms with Gasteiger partial charge < -0.3 is 4.52 Å². The van der Waals surface area contributed by atoms with E-state index in [2.05, 4.69) is 0 Å². The van der Waals surface area contributed by atoms with Gasteiger partial charge >= 0.3 is 7.60 Å². The molecule has 0 spiro atoms. The van der Waals surface area contributed by atoms with E-state index in [1.807, 2.05) is 48.5 Å². The molecule has 0 aromatic heterocycles. The van der Waals surface area contributed by atoms with E-state index in [1.165, 1.54) is 6.42 Å². The summed E-state index contributed by atoms with van der Waals surface area (Å²) in [6.45, 7) is 0. The van der Waals surface area contributed by atoms with Crippen LogP contribution in [0.2, 0.25) is 0 Å². The third-order valence-corrected chi connectivity index (χ3v) is 5.84. The average molecular weight is 316 g/mol. The van der Waals surface area contributed by atoms with Crippen LogP contribution in [-0.4, -0.2) is 6.10 Å². The fraction of sp³-hybridized carbons (Fsp3) is 0.333. The maximum atomic E-state index is 13.4. The average Bonchev–Trinajstić information content (AvgIpc) is 2.57. The Balaban J connectivity index is 1.86. The molecule has 1 atom stereocenters. The molecule has 116 valence electrons. The van der Waals surface area contributed by atoms with E-state index < -0.39 is 7.60 Å². The van der Waals surface area contributed by atoms with Gasteiger partial charge in [-0.05, 0) is 37.1 Å². The van der Waals surface area contributed by atoms with Crippen LogP contribution in [0.4, 0.5) is 0 Å². The Bertz CT molecular complexity index is 621. The fourth-order valence-electron chi connectivity index (χ4n) is 2.73. The molecule has 0 radical (unpaired) electrons. The van der Waals surface area contributed by atoms with Crippen LogP contribution in [0.3, 0.4) is 0 Å². The van der Waals surface area contributed by atoms with Crippen LogP contribution in [0.5, 0.6) is 5.75 Å². The van der Waals surface area contributed by atoms with E-state index in [1.54, 1.807) is 12.1 Å². The molecule has 1 fully saturated rings. The van der Waals surface area contributed by atoms with Gasteiger partial charge in [0, 0.05) is 0 Å². The maximum Gasteiger partial charge on any atom is 0.411 e. The highest BCUT2D eigenvalue weighted by atomic mass is 31.2. The summed E-state index contributed by atoms with van der Waals surface area (Å²) in [6, 6.07) is 18.5. The Morgan fingerprint density at radius 2 is 1.41 bits per heavy atom. The van der Waals surface area contributed by atoms with Gasteiger partial charge in [-0.15, -0.1) is 0 Å². The van der Waals surface area contributed by atoms with E-state index >= 15 is 0 Å². The summed E-state index contributed by atoms with van der Waals surface area (Å²) in [6.07, 6.45) is 5.41. The summed E-state index contributed by atoms with van der Waals surface area (Å²) in [5, 5.41) is 0.615. The molecule has 0 N–H and O–H groups in total. The highest BCUT2D eigenvalue weighted by Crippen LogP contribution is 2.49. The van der Waals surface area contributed by atoms with Crippen molar-refractivity contribution in [3.05, 3.63) is 60.7 Å². The Morgan fingerprint density at radius 1 is 0.818 bits per heavy atom. The van der Waals surface area contributed by atoms with Crippen molar-refractivity contribution in [3.8, 4) is 5.75 Å². The van der Waals surface area contributed by atoms with Crippen LogP contribution in [0.25, 0.3) is 0 Å². The lowest BCUT2D eigenvalue weighted by Gasteiger charge is -2.27. The predicted octanol–water partition coefficient (Wildman–Crippen LogP) is 4.93. The van der Waals surface area contributed by atoms with Crippen molar-refractivity contribution >= 4 is 12.9 Å². The monoisotopic (exact) mass is 316 g/mol. The van der Waals surface area contributed by atoms with Crippen molar-refractivity contribution in [2.45, 2.75) is 38.2 Å². The molecular formula is C18H21O3P. The smallest absolute Gasteiger partial charge is 0.411 e. The molecule has 0 aliphatic heterocycles. The molecule has 1 aliphatic carbocycles. The van der Waals surface area contributed by atoms with Gasteiger partial charge in [0.05, 0.1) is 11.4 Å². The van der Waals surface area contributed by atoms with Crippen LogP contribution in [0.1, 0.15) is 32.1 Å². The SMILES string of the molecule is O=P(Oc1ccccc1)(OC1CCCCC1)c1ccccc1. The molecular weight excluding hydrogens is 295 g/mol. The Hall–Kier alpha value is -1.57. The molecule has 22 heavy (non-hydrogen) atoms. The first kappa shape index (κ1) is 15.3. The summed E-state index contributed by atoms with van der Waals surface area (Å²) in [5.41, 5.74) is 0. The lowest BCUT2D eigenvalue weighted by atomic mass is 9.98. The number of para-hydroxylation sites is 1. The van der Waals surface area contributed by atoms with Crippen LogP contribution < -0.4 is 9.83 Å². The van der Waals surface area contributed by atoms with E-state index in [0.29, 0.717) is 11.1 Å². The summed E-state index contributed by atoms with van der Waals surface area (Å²) in [5.74, 6) is 0.575. The van der Waals surface area contributed by atoms with Crippen molar-refractivity contribution in [2.24, 2.45) is 0 Å². The molecule has 0 amide bonds. The molecule has 1 saturated carbocycles. The fourth-order valence-corrected chi connectivity index (χ4v) is 4.54. The van der Waals surface area contributed by atoms with E-state index in [0.717, 1.165) is 25.7 Å². The molecule has 0 saturated heterocycles. The first-order valence-electron chi connectivity index (χ1n) is 7.85. The lowest BCUT2D eigenvalue weighted by molar-refractivity contribution is 0.142. The van der Waals surface area contributed by atoms with Gasteiger partial charge in [0.15, 0.2) is 0 Å². The topological polar surface area (TPSA) is 35.5 Å². The van der Waals surface area contributed by atoms with Gasteiger partial charge in [-0.25, -0.2) is 4.57 Å². The van der Waals surface area contributed by atoms with Crippen LogP contribution in [-0.2, 0) is 9.09 Å². The number of hydrogen-bond acceptors (Lipinski definition) is 3. The Morgan fingerprint density at radius 3 is 2.05 bits per heavy atom. The third kappa shape index (κ3) is 3.79. The highest BCUT2D eigenvalue weighted by Gasteiger charge is 2.33. The van der Waals surface area contributed by atoms with E-state index in [-0.39, 0.29) is 6.10 Å². The molecule has 3 rings (SSSR count). The third-order valence-electron chi connectivity index (χ3n) is 3.88. The molecule has 3 nitrogen and oxygen atoms in total. The maximum absolute atomic E-state index is 13.4. The van der Waals surface area contributed by atoms with Crippen molar-refractivity contribution < 1.29 is 13.6 Å². The van der Waals surface area contributed by atoms with Crippen molar-refractivity contribution in [2.75, 3.05) is 0 Å². The molecule has 2 aromatic carbocycles. The largest absolute Gasteiger partial charge is 0.421 e. The number of benzene rings is 2. The van der Waals surface area contributed by atoms with Gasteiger partial charge in [0.1, 0.15) is 5.75 Å². The zero-order valence-electron chi connectivity index (χ0n) is 12.6. The summed E-state index contributed by atoms with van der Waals surface area (Å²) >= 11 is 0. The molecule has 1 unspecified atom stereocenters. The second-order valence-electron chi connectivity index (χ2n) is 5.60. The predicted molar refractivity (Wildman–Crippen MR) is 88.7 cm³/mol. The second-order valence-corrected chi connectivity index (χ2v) is 7.51. The minimum atomic E-state index is -3.36. The van der Waals surface area contributed by atoms with Gasteiger partial charge in [-0.3, -0.25) is 4.52 Å². The first-order chi connectivity index (χ1) is 10.8.